The van der Waals surface area contributed by atoms with Gasteiger partial charge in [0, 0.05) is 5.33 Å². The number of alkyl halides is 1. The normalized spacial score (nSPS) is 13.6. The van der Waals surface area contributed by atoms with Gasteiger partial charge in [0.1, 0.15) is 0 Å². The fourth-order valence-electron chi connectivity index (χ4n) is 1.69. The lowest BCUT2D eigenvalue weighted by Gasteiger charge is -2.13. The molecule has 0 aliphatic carbocycles. The number of nitrogens with zero attached hydrogens (tertiary/aromatic N) is 3. The Morgan fingerprint density at radius 2 is 2.29 bits per heavy atom. The number of methoxy groups -OCH3 is 1. The molecule has 0 saturated carbocycles. The van der Waals surface area contributed by atoms with Crippen LogP contribution in [-0.4, -0.2) is 30.9 Å². The number of amidine groups is 1. The molecule has 6 heteroatoms. The molecule has 0 saturated heterocycles. The lowest BCUT2D eigenvalue weighted by molar-refractivity contribution is -0.372. The number of hydrogen-bond donors (Lipinski definition) is 0. The quantitative estimate of drug-likeness (QED) is 0.487. The van der Waals surface area contributed by atoms with Gasteiger partial charge < -0.3 is 4.74 Å². The summed E-state index contributed by atoms with van der Waals surface area (Å²) in [6.45, 7) is 0. The van der Waals surface area contributed by atoms with Gasteiger partial charge in [-0.05, 0) is 22.9 Å². The minimum absolute atomic E-state index is 0.294. The van der Waals surface area contributed by atoms with E-state index in [2.05, 4.69) is 26.1 Å². The summed E-state index contributed by atoms with van der Waals surface area (Å²) < 4.78 is 7.11. The van der Waals surface area contributed by atoms with E-state index in [1.807, 2.05) is 17.7 Å². The second-order valence-electron chi connectivity index (χ2n) is 3.60. The summed E-state index contributed by atoms with van der Waals surface area (Å²) in [5.41, 5.74) is 2.03. The average molecular weight is 297 g/mol. The molecule has 1 aliphatic heterocycles. The van der Waals surface area contributed by atoms with Crippen LogP contribution < -0.4 is 4.74 Å². The Morgan fingerprint density at radius 1 is 1.53 bits per heavy atom. The number of halogens is 1. The lowest BCUT2D eigenvalue weighted by atomic mass is 10.1. The number of aliphatic imine (C=N–C) groups is 1. The van der Waals surface area contributed by atoms with Gasteiger partial charge in [0.05, 0.1) is 19.7 Å². The highest BCUT2D eigenvalue weighted by molar-refractivity contribution is 9.08. The van der Waals surface area contributed by atoms with Gasteiger partial charge in [0.15, 0.2) is 11.4 Å². The molecule has 1 aromatic carbocycles. The van der Waals surface area contributed by atoms with Crippen molar-refractivity contribution in [2.45, 2.75) is 5.33 Å². The summed E-state index contributed by atoms with van der Waals surface area (Å²) in [5.74, 6) is 1.23. The van der Waals surface area contributed by atoms with E-state index in [0.717, 1.165) is 17.0 Å². The van der Waals surface area contributed by atoms with Crippen LogP contribution in [0, 0.1) is 4.91 Å². The molecule has 1 heterocycles. The van der Waals surface area contributed by atoms with Gasteiger partial charge in [0.25, 0.3) is 5.84 Å². The molecule has 1 aliphatic rings. The zero-order valence-corrected chi connectivity index (χ0v) is 11.1. The Bertz CT molecular complexity index is 538. The molecule has 0 spiro atoms. The molecular formula is C11H11BrN3O2+. The Kier molecular flexibility index (Phi) is 3.33. The van der Waals surface area contributed by atoms with Crippen molar-refractivity contribution in [3.8, 4) is 5.75 Å². The van der Waals surface area contributed by atoms with Crippen molar-refractivity contribution in [3.63, 3.8) is 0 Å². The van der Waals surface area contributed by atoms with Crippen LogP contribution in [0.15, 0.2) is 22.3 Å². The Balaban J connectivity index is 2.63. The van der Waals surface area contributed by atoms with Crippen molar-refractivity contribution >= 4 is 33.8 Å². The molecule has 0 bridgehead atoms. The van der Waals surface area contributed by atoms with E-state index in [0.29, 0.717) is 16.8 Å². The number of rotatable bonds is 4. The van der Waals surface area contributed by atoms with Gasteiger partial charge in [-0.1, -0.05) is 20.9 Å². The number of ether oxygens (including phenoxy) is 1. The Morgan fingerprint density at radius 3 is 2.71 bits per heavy atom. The fraction of sp³-hybridized carbons (Fsp3) is 0.273. The molecule has 2 rings (SSSR count). The van der Waals surface area contributed by atoms with Crippen molar-refractivity contribution in [1.82, 2.24) is 0 Å². The third-order valence-electron chi connectivity index (χ3n) is 2.51. The van der Waals surface area contributed by atoms with Gasteiger partial charge in [-0.15, -0.1) is 4.91 Å². The molecular weight excluding hydrogens is 286 g/mol. The maximum atomic E-state index is 10.8. The molecule has 0 radical (unpaired) electrons. The molecule has 0 aromatic heterocycles. The zero-order valence-electron chi connectivity index (χ0n) is 9.48. The summed E-state index contributed by atoms with van der Waals surface area (Å²) in [6, 6.07) is 3.64. The van der Waals surface area contributed by atoms with E-state index in [4.69, 9.17) is 4.74 Å². The largest absolute Gasteiger partial charge is 0.493 e. The molecule has 0 atom stereocenters. The first-order valence-corrected chi connectivity index (χ1v) is 6.08. The predicted molar refractivity (Wildman–Crippen MR) is 69.9 cm³/mol. The van der Waals surface area contributed by atoms with Crippen LogP contribution in [0.2, 0.25) is 0 Å². The van der Waals surface area contributed by atoms with Gasteiger partial charge >= 0.3 is 0 Å². The van der Waals surface area contributed by atoms with Crippen molar-refractivity contribution in [1.29, 1.82) is 0 Å². The molecule has 0 amide bonds. The standard InChI is InChI=1S/C11H11BrN3O2/c1-15-6-13-11(15)8-3-7(5-12)4-9(14-16)10(8)17-2/h3-4,6H,5H2,1-2H3/q+1. The summed E-state index contributed by atoms with van der Waals surface area (Å²) in [6.07, 6.45) is 1.70. The van der Waals surface area contributed by atoms with E-state index < -0.39 is 0 Å². The molecule has 88 valence electrons. The molecule has 17 heavy (non-hydrogen) atoms. The third-order valence-corrected chi connectivity index (χ3v) is 3.16. The van der Waals surface area contributed by atoms with Gasteiger partial charge in [-0.2, -0.15) is 0 Å². The number of hydrogen-bond acceptors (Lipinski definition) is 4. The van der Waals surface area contributed by atoms with Crippen molar-refractivity contribution in [3.05, 3.63) is 28.2 Å². The smallest absolute Gasteiger partial charge is 0.276 e. The maximum Gasteiger partial charge on any atom is 0.276 e. The highest BCUT2D eigenvalue weighted by atomic mass is 79.9. The van der Waals surface area contributed by atoms with E-state index in [1.165, 1.54) is 7.11 Å². The summed E-state index contributed by atoms with van der Waals surface area (Å²) in [7, 11) is 3.40. The minimum Gasteiger partial charge on any atom is -0.493 e. The highest BCUT2D eigenvalue weighted by Crippen LogP contribution is 2.34. The second kappa shape index (κ2) is 4.75. The van der Waals surface area contributed by atoms with Crippen LogP contribution >= 0.6 is 15.9 Å². The van der Waals surface area contributed by atoms with E-state index in [-0.39, 0.29) is 0 Å². The summed E-state index contributed by atoms with van der Waals surface area (Å²) in [5, 5.41) is 3.64. The SMILES string of the molecule is COc1c(N=O)cc(CBr)cc1C1=[N+](C)C=N1. The van der Waals surface area contributed by atoms with E-state index in [9.17, 15) is 4.91 Å². The summed E-state index contributed by atoms with van der Waals surface area (Å²) in [4.78, 5) is 15.0. The maximum absolute atomic E-state index is 10.8. The fourth-order valence-corrected chi connectivity index (χ4v) is 2.01. The van der Waals surface area contributed by atoms with Crippen LogP contribution in [0.3, 0.4) is 0 Å². The predicted octanol–water partition coefficient (Wildman–Crippen LogP) is 2.42. The van der Waals surface area contributed by atoms with Crippen LogP contribution in [-0.2, 0) is 5.33 Å². The first-order valence-electron chi connectivity index (χ1n) is 4.95. The Labute approximate surface area is 107 Å². The molecule has 0 fully saturated rings. The van der Waals surface area contributed by atoms with Crippen LogP contribution in [0.1, 0.15) is 11.1 Å². The zero-order chi connectivity index (χ0) is 12.4. The number of nitroso groups, excluding NO2 is 1. The third kappa shape index (κ3) is 2.00. The van der Waals surface area contributed by atoms with Gasteiger partial charge in [0.2, 0.25) is 6.34 Å². The summed E-state index contributed by atoms with van der Waals surface area (Å²) >= 11 is 3.36. The molecule has 1 aromatic rings. The molecule has 0 N–H and O–H groups in total. The first-order chi connectivity index (χ1) is 8.21. The van der Waals surface area contributed by atoms with Crippen molar-refractivity contribution < 1.29 is 9.31 Å². The van der Waals surface area contributed by atoms with E-state index >= 15 is 0 Å². The second-order valence-corrected chi connectivity index (χ2v) is 4.16. The number of benzene rings is 1. The van der Waals surface area contributed by atoms with Gasteiger partial charge in [-0.3, -0.25) is 0 Å². The van der Waals surface area contributed by atoms with Crippen LogP contribution in [0.25, 0.3) is 0 Å². The Hall–Kier alpha value is -1.56. The van der Waals surface area contributed by atoms with Crippen molar-refractivity contribution in [2.24, 2.45) is 10.2 Å². The first kappa shape index (κ1) is 11.9. The van der Waals surface area contributed by atoms with Crippen LogP contribution in [0.5, 0.6) is 5.75 Å². The van der Waals surface area contributed by atoms with Gasteiger partial charge in [-0.25, -0.2) is 4.58 Å². The topological polar surface area (TPSA) is 54.0 Å². The van der Waals surface area contributed by atoms with Crippen molar-refractivity contribution in [2.75, 3.05) is 14.2 Å². The van der Waals surface area contributed by atoms with Crippen LogP contribution in [0.4, 0.5) is 5.69 Å². The highest BCUT2D eigenvalue weighted by Gasteiger charge is 2.24. The average Bonchev–Trinajstić information content (AvgIpc) is 2.35. The van der Waals surface area contributed by atoms with E-state index in [1.54, 1.807) is 12.4 Å². The molecule has 5 nitrogen and oxygen atoms in total. The minimum atomic E-state index is 0.294. The monoisotopic (exact) mass is 296 g/mol. The molecule has 0 unspecified atom stereocenters. The lowest BCUT2D eigenvalue weighted by Crippen LogP contribution is -2.25.